The smallest absolute Gasteiger partial charge is 0.226 e. The molecule has 0 bridgehead atoms. The van der Waals surface area contributed by atoms with Gasteiger partial charge in [0.25, 0.3) is 0 Å². The van der Waals surface area contributed by atoms with Gasteiger partial charge in [0.2, 0.25) is 5.24 Å². The molecular formula is C7H9ClOS. The lowest BCUT2D eigenvalue weighted by Crippen LogP contribution is -1.86. The SMILES string of the molecule is C=C/C=C(/CC(=O)Cl)SC. The van der Waals surface area contributed by atoms with E-state index in [2.05, 4.69) is 6.58 Å². The van der Waals surface area contributed by atoms with Crippen LogP contribution in [-0.2, 0) is 4.79 Å². The van der Waals surface area contributed by atoms with E-state index in [1.807, 2.05) is 6.26 Å². The Bertz CT molecular complexity index is 163. The van der Waals surface area contributed by atoms with Crippen molar-refractivity contribution in [2.24, 2.45) is 0 Å². The Kier molecular flexibility index (Phi) is 5.45. The summed E-state index contributed by atoms with van der Waals surface area (Å²) in [5.74, 6) is 0. The molecule has 0 atom stereocenters. The summed E-state index contributed by atoms with van der Waals surface area (Å²) in [5.41, 5.74) is 0. The van der Waals surface area contributed by atoms with E-state index in [1.165, 1.54) is 11.8 Å². The minimum atomic E-state index is -0.331. The maximum absolute atomic E-state index is 10.4. The molecule has 0 amide bonds. The molecule has 0 aromatic heterocycles. The van der Waals surface area contributed by atoms with Crippen molar-refractivity contribution in [2.75, 3.05) is 6.26 Å². The van der Waals surface area contributed by atoms with Crippen LogP contribution in [0, 0.1) is 0 Å². The molecule has 1 nitrogen and oxygen atoms in total. The van der Waals surface area contributed by atoms with Gasteiger partial charge in [0.1, 0.15) is 0 Å². The second-order valence-electron chi connectivity index (χ2n) is 1.60. The van der Waals surface area contributed by atoms with Crippen molar-refractivity contribution in [3.05, 3.63) is 23.6 Å². The highest BCUT2D eigenvalue weighted by molar-refractivity contribution is 8.02. The molecule has 0 aromatic rings. The van der Waals surface area contributed by atoms with Gasteiger partial charge in [-0.1, -0.05) is 18.7 Å². The molecule has 0 aromatic carbocycles. The molecule has 10 heavy (non-hydrogen) atoms. The van der Waals surface area contributed by atoms with Gasteiger partial charge in [0.15, 0.2) is 0 Å². The van der Waals surface area contributed by atoms with Crippen LogP contribution in [0.2, 0.25) is 0 Å². The molecule has 3 heteroatoms. The van der Waals surface area contributed by atoms with Crippen LogP contribution in [0.5, 0.6) is 0 Å². The molecule has 0 fully saturated rings. The molecule has 0 N–H and O–H groups in total. The topological polar surface area (TPSA) is 17.1 Å². The average Bonchev–Trinajstić information content (AvgIpc) is 1.86. The van der Waals surface area contributed by atoms with E-state index < -0.39 is 0 Å². The first-order valence-electron chi connectivity index (χ1n) is 2.74. The summed E-state index contributed by atoms with van der Waals surface area (Å²) >= 11 is 6.67. The van der Waals surface area contributed by atoms with E-state index in [0.717, 1.165) is 4.91 Å². The van der Waals surface area contributed by atoms with Gasteiger partial charge >= 0.3 is 0 Å². The molecule has 0 saturated heterocycles. The van der Waals surface area contributed by atoms with Crippen molar-refractivity contribution in [2.45, 2.75) is 6.42 Å². The van der Waals surface area contributed by atoms with E-state index in [4.69, 9.17) is 11.6 Å². The molecule has 0 rings (SSSR count). The first-order valence-corrected chi connectivity index (χ1v) is 4.35. The zero-order valence-electron chi connectivity index (χ0n) is 5.76. The molecule has 0 aliphatic rings. The molecule has 0 heterocycles. The van der Waals surface area contributed by atoms with E-state index in [-0.39, 0.29) is 5.24 Å². The molecule has 56 valence electrons. The average molecular weight is 177 g/mol. The van der Waals surface area contributed by atoms with E-state index in [9.17, 15) is 4.79 Å². The lowest BCUT2D eigenvalue weighted by atomic mass is 10.4. The maximum atomic E-state index is 10.4. The van der Waals surface area contributed by atoms with Gasteiger partial charge in [0.05, 0.1) is 6.42 Å². The zero-order valence-corrected chi connectivity index (χ0v) is 7.34. The zero-order chi connectivity index (χ0) is 7.98. The van der Waals surface area contributed by atoms with Crippen LogP contribution < -0.4 is 0 Å². The number of allylic oxidation sites excluding steroid dienone is 3. The van der Waals surface area contributed by atoms with Gasteiger partial charge in [0, 0.05) is 0 Å². The third-order valence-electron chi connectivity index (χ3n) is 0.879. The van der Waals surface area contributed by atoms with Crippen molar-refractivity contribution in [3.63, 3.8) is 0 Å². The van der Waals surface area contributed by atoms with Crippen LogP contribution in [0.4, 0.5) is 0 Å². The summed E-state index contributed by atoms with van der Waals surface area (Å²) in [5, 5.41) is -0.331. The molecule has 0 spiro atoms. The Morgan fingerprint density at radius 1 is 1.80 bits per heavy atom. The monoisotopic (exact) mass is 176 g/mol. The Balaban J connectivity index is 3.95. The summed E-state index contributed by atoms with van der Waals surface area (Å²) in [6.07, 6.45) is 5.63. The van der Waals surface area contributed by atoms with Crippen LogP contribution in [-0.4, -0.2) is 11.5 Å². The fourth-order valence-electron chi connectivity index (χ4n) is 0.468. The number of hydrogen-bond donors (Lipinski definition) is 0. The summed E-state index contributed by atoms with van der Waals surface area (Å²) in [6.45, 7) is 3.51. The highest BCUT2D eigenvalue weighted by Gasteiger charge is 1.99. The number of rotatable bonds is 4. The number of carbonyl (C=O) groups is 1. The molecular weight excluding hydrogens is 168 g/mol. The number of hydrogen-bond acceptors (Lipinski definition) is 2. The summed E-state index contributed by atoms with van der Waals surface area (Å²) in [4.78, 5) is 11.3. The largest absolute Gasteiger partial charge is 0.281 e. The second-order valence-corrected chi connectivity index (χ2v) is 2.96. The minimum Gasteiger partial charge on any atom is -0.281 e. The summed E-state index contributed by atoms with van der Waals surface area (Å²) in [7, 11) is 0. The lowest BCUT2D eigenvalue weighted by molar-refractivity contribution is -0.111. The number of carbonyl (C=O) groups excluding carboxylic acids is 1. The van der Waals surface area contributed by atoms with Crippen LogP contribution in [0.15, 0.2) is 23.6 Å². The van der Waals surface area contributed by atoms with Crippen LogP contribution >= 0.6 is 23.4 Å². The summed E-state index contributed by atoms with van der Waals surface area (Å²) in [6, 6.07) is 0. The van der Waals surface area contributed by atoms with Crippen LogP contribution in [0.1, 0.15) is 6.42 Å². The van der Waals surface area contributed by atoms with Crippen LogP contribution in [0.3, 0.4) is 0 Å². The number of thioether (sulfide) groups is 1. The third kappa shape index (κ3) is 4.65. The van der Waals surface area contributed by atoms with Crippen molar-refractivity contribution in [1.29, 1.82) is 0 Å². The fourth-order valence-corrected chi connectivity index (χ4v) is 1.20. The quantitative estimate of drug-likeness (QED) is 0.484. The highest BCUT2D eigenvalue weighted by atomic mass is 35.5. The predicted molar refractivity (Wildman–Crippen MR) is 47.3 cm³/mol. The molecule has 0 radical (unpaired) electrons. The Morgan fingerprint density at radius 3 is 2.70 bits per heavy atom. The van der Waals surface area contributed by atoms with Crippen molar-refractivity contribution in [3.8, 4) is 0 Å². The first-order chi connectivity index (χ1) is 4.70. The maximum Gasteiger partial charge on any atom is 0.226 e. The van der Waals surface area contributed by atoms with E-state index >= 15 is 0 Å². The van der Waals surface area contributed by atoms with Gasteiger partial charge in [-0.2, -0.15) is 0 Å². The van der Waals surface area contributed by atoms with Gasteiger partial charge in [-0.15, -0.1) is 11.8 Å². The summed E-state index contributed by atoms with van der Waals surface area (Å²) < 4.78 is 0. The Hall–Kier alpha value is -0.210. The molecule has 0 saturated carbocycles. The normalized spacial score (nSPS) is 11.2. The van der Waals surface area contributed by atoms with Gasteiger partial charge in [-0.3, -0.25) is 4.79 Å². The standard InChI is InChI=1S/C7H9ClOS/c1-3-4-6(10-2)5-7(8)9/h3-4H,1,5H2,2H3/b6-4-. The fraction of sp³-hybridized carbons (Fsp3) is 0.286. The predicted octanol–water partition coefficient (Wildman–Crippen LogP) is 2.57. The van der Waals surface area contributed by atoms with Crippen LogP contribution in [0.25, 0.3) is 0 Å². The van der Waals surface area contributed by atoms with Crippen molar-refractivity contribution in [1.82, 2.24) is 0 Å². The van der Waals surface area contributed by atoms with Gasteiger partial charge in [-0.25, -0.2) is 0 Å². The Labute approximate surface area is 70.1 Å². The number of halogens is 1. The lowest BCUT2D eigenvalue weighted by Gasteiger charge is -1.95. The third-order valence-corrected chi connectivity index (χ3v) is 1.82. The van der Waals surface area contributed by atoms with E-state index in [0.29, 0.717) is 6.42 Å². The minimum absolute atomic E-state index is 0.300. The second kappa shape index (κ2) is 5.57. The Morgan fingerprint density at radius 2 is 2.40 bits per heavy atom. The van der Waals surface area contributed by atoms with Gasteiger partial charge < -0.3 is 0 Å². The molecule has 0 aliphatic heterocycles. The first kappa shape index (κ1) is 9.79. The van der Waals surface area contributed by atoms with E-state index in [1.54, 1.807) is 12.2 Å². The highest BCUT2D eigenvalue weighted by Crippen LogP contribution is 2.16. The van der Waals surface area contributed by atoms with Gasteiger partial charge in [-0.05, 0) is 22.8 Å². The molecule has 0 aliphatic carbocycles. The molecule has 0 unspecified atom stereocenters. The van der Waals surface area contributed by atoms with Crippen molar-refractivity contribution < 1.29 is 4.79 Å². The van der Waals surface area contributed by atoms with Crippen molar-refractivity contribution >= 4 is 28.6 Å².